The van der Waals surface area contributed by atoms with E-state index in [4.69, 9.17) is 4.52 Å². The number of carbonyl (C=O) groups excluding carboxylic acids is 1. The molecule has 1 aliphatic carbocycles. The first-order chi connectivity index (χ1) is 14.7. The first-order valence-corrected chi connectivity index (χ1v) is 11.2. The molecule has 0 spiro atoms. The second-order valence-electron chi connectivity index (χ2n) is 8.87. The van der Waals surface area contributed by atoms with Gasteiger partial charge in [0.2, 0.25) is 17.6 Å². The molecular formula is C22H30N6O2. The second kappa shape index (κ2) is 8.34. The van der Waals surface area contributed by atoms with Crippen LogP contribution in [0.3, 0.4) is 0 Å². The van der Waals surface area contributed by atoms with Gasteiger partial charge in [-0.15, -0.1) is 0 Å². The molecule has 1 unspecified atom stereocenters. The van der Waals surface area contributed by atoms with Crippen LogP contribution in [0, 0.1) is 5.92 Å². The monoisotopic (exact) mass is 410 g/mol. The fourth-order valence-corrected chi connectivity index (χ4v) is 4.65. The Morgan fingerprint density at radius 3 is 2.70 bits per heavy atom. The summed E-state index contributed by atoms with van der Waals surface area (Å²) in [5.74, 6) is 2.92. The van der Waals surface area contributed by atoms with Crippen molar-refractivity contribution in [2.45, 2.75) is 38.0 Å². The predicted octanol–water partition coefficient (Wildman–Crippen LogP) is 2.39. The van der Waals surface area contributed by atoms with Gasteiger partial charge in [-0.05, 0) is 44.9 Å². The molecule has 0 bridgehead atoms. The van der Waals surface area contributed by atoms with Crippen LogP contribution in [0.4, 0.5) is 5.82 Å². The summed E-state index contributed by atoms with van der Waals surface area (Å²) >= 11 is 0. The van der Waals surface area contributed by atoms with Crippen LogP contribution in [0.2, 0.25) is 0 Å². The third kappa shape index (κ3) is 3.80. The zero-order valence-corrected chi connectivity index (χ0v) is 17.7. The standard InChI is InChI=1S/C22H30N6O2/c1-26-11-13-27(14-12-26)22(29)17-7-4-10-28(15-17)20-18(8-3-9-23-20)19-24-21(30-25-19)16-5-2-6-16/h3,8-9,16-17H,2,4-7,10-15H2,1H3. The van der Waals surface area contributed by atoms with Crippen LogP contribution < -0.4 is 4.90 Å². The smallest absolute Gasteiger partial charge is 0.230 e. The van der Waals surface area contributed by atoms with Crippen LogP contribution in [0.1, 0.15) is 43.9 Å². The summed E-state index contributed by atoms with van der Waals surface area (Å²) < 4.78 is 5.54. The number of piperazine rings is 1. The Morgan fingerprint density at radius 2 is 1.93 bits per heavy atom. The lowest BCUT2D eigenvalue weighted by atomic mass is 9.85. The topological polar surface area (TPSA) is 78.6 Å². The Bertz CT molecular complexity index is 887. The zero-order chi connectivity index (χ0) is 20.5. The van der Waals surface area contributed by atoms with Crippen molar-refractivity contribution < 1.29 is 9.32 Å². The molecule has 4 heterocycles. The van der Waals surface area contributed by atoms with Crippen molar-refractivity contribution >= 4 is 11.7 Å². The molecule has 1 saturated carbocycles. The van der Waals surface area contributed by atoms with Crippen molar-refractivity contribution in [3.05, 3.63) is 24.2 Å². The van der Waals surface area contributed by atoms with E-state index in [1.165, 1.54) is 6.42 Å². The maximum atomic E-state index is 13.1. The Labute approximate surface area is 177 Å². The summed E-state index contributed by atoms with van der Waals surface area (Å²) in [5, 5.41) is 4.25. The van der Waals surface area contributed by atoms with Crippen LogP contribution in [-0.2, 0) is 4.79 Å². The minimum absolute atomic E-state index is 0.0211. The molecule has 8 heteroatoms. The van der Waals surface area contributed by atoms with Crippen molar-refractivity contribution in [3.63, 3.8) is 0 Å². The Kier molecular flexibility index (Phi) is 5.41. The summed E-state index contributed by atoms with van der Waals surface area (Å²) in [7, 11) is 2.11. The van der Waals surface area contributed by atoms with E-state index in [9.17, 15) is 4.79 Å². The Hall–Kier alpha value is -2.48. The lowest BCUT2D eigenvalue weighted by Gasteiger charge is -2.38. The molecule has 2 saturated heterocycles. The van der Waals surface area contributed by atoms with Crippen molar-refractivity contribution in [1.82, 2.24) is 24.9 Å². The maximum absolute atomic E-state index is 13.1. The van der Waals surface area contributed by atoms with Gasteiger partial charge in [0.1, 0.15) is 5.82 Å². The van der Waals surface area contributed by atoms with Gasteiger partial charge in [-0.25, -0.2) is 4.98 Å². The minimum atomic E-state index is 0.0211. The first kappa shape index (κ1) is 19.5. The SMILES string of the molecule is CN1CCN(C(=O)C2CCCN(c3ncccc3-c3noc(C4CCC4)n3)C2)CC1. The van der Waals surface area contributed by atoms with Gasteiger partial charge in [-0.1, -0.05) is 11.6 Å². The van der Waals surface area contributed by atoms with Gasteiger partial charge < -0.3 is 19.2 Å². The molecule has 160 valence electrons. The number of carbonyl (C=O) groups is 1. The number of amides is 1. The van der Waals surface area contributed by atoms with Gasteiger partial charge in [0, 0.05) is 51.4 Å². The van der Waals surface area contributed by atoms with Gasteiger partial charge in [-0.3, -0.25) is 4.79 Å². The molecule has 8 nitrogen and oxygen atoms in total. The molecule has 3 fully saturated rings. The number of aromatic nitrogens is 3. The summed E-state index contributed by atoms with van der Waals surface area (Å²) in [5.41, 5.74) is 0.888. The average molecular weight is 411 g/mol. The molecule has 2 aromatic heterocycles. The summed E-state index contributed by atoms with van der Waals surface area (Å²) in [6.07, 6.45) is 7.22. The molecule has 1 atom stereocenters. The Balaban J connectivity index is 1.33. The third-order valence-electron chi connectivity index (χ3n) is 6.81. The summed E-state index contributed by atoms with van der Waals surface area (Å²) in [4.78, 5) is 29.0. The number of rotatable bonds is 4. The molecule has 0 aromatic carbocycles. The quantitative estimate of drug-likeness (QED) is 0.766. The van der Waals surface area contributed by atoms with Crippen molar-refractivity contribution in [2.24, 2.45) is 5.92 Å². The van der Waals surface area contributed by atoms with Crippen LogP contribution >= 0.6 is 0 Å². The highest BCUT2D eigenvalue weighted by Crippen LogP contribution is 2.37. The maximum Gasteiger partial charge on any atom is 0.230 e. The second-order valence-corrected chi connectivity index (χ2v) is 8.87. The molecule has 30 heavy (non-hydrogen) atoms. The summed E-state index contributed by atoms with van der Waals surface area (Å²) in [6.45, 7) is 5.15. The number of likely N-dealkylation sites (N-methyl/N-ethyl adjacent to an activating group) is 1. The third-order valence-corrected chi connectivity index (χ3v) is 6.81. The van der Waals surface area contributed by atoms with Gasteiger partial charge >= 0.3 is 0 Å². The molecule has 1 amide bonds. The van der Waals surface area contributed by atoms with E-state index >= 15 is 0 Å². The number of piperidine rings is 1. The van der Waals surface area contributed by atoms with Crippen LogP contribution in [0.5, 0.6) is 0 Å². The number of hydrogen-bond acceptors (Lipinski definition) is 7. The molecule has 5 rings (SSSR count). The number of pyridine rings is 1. The molecule has 2 aliphatic heterocycles. The van der Waals surface area contributed by atoms with E-state index in [-0.39, 0.29) is 11.8 Å². The minimum Gasteiger partial charge on any atom is -0.355 e. The lowest BCUT2D eigenvalue weighted by Crippen LogP contribution is -2.51. The normalized spacial score (nSPS) is 23.4. The van der Waals surface area contributed by atoms with E-state index in [1.807, 2.05) is 17.0 Å². The van der Waals surface area contributed by atoms with E-state index < -0.39 is 0 Å². The van der Waals surface area contributed by atoms with Crippen LogP contribution in [0.15, 0.2) is 22.9 Å². The van der Waals surface area contributed by atoms with Crippen molar-refractivity contribution in [3.8, 4) is 11.4 Å². The van der Waals surface area contributed by atoms with Gasteiger partial charge in [0.05, 0.1) is 11.5 Å². The number of nitrogens with zero attached hydrogens (tertiary/aromatic N) is 6. The molecule has 0 radical (unpaired) electrons. The van der Waals surface area contributed by atoms with Gasteiger partial charge in [0.15, 0.2) is 0 Å². The zero-order valence-electron chi connectivity index (χ0n) is 17.7. The molecular weight excluding hydrogens is 380 g/mol. The Morgan fingerprint density at radius 1 is 1.10 bits per heavy atom. The highest BCUT2D eigenvalue weighted by atomic mass is 16.5. The fraction of sp³-hybridized carbons (Fsp3) is 0.636. The van der Waals surface area contributed by atoms with Crippen molar-refractivity contribution in [2.75, 3.05) is 51.2 Å². The van der Waals surface area contributed by atoms with E-state index in [0.29, 0.717) is 18.3 Å². The van der Waals surface area contributed by atoms with E-state index in [0.717, 1.165) is 75.7 Å². The largest absolute Gasteiger partial charge is 0.355 e. The predicted molar refractivity (Wildman–Crippen MR) is 113 cm³/mol. The average Bonchev–Trinajstić information content (AvgIpc) is 3.22. The van der Waals surface area contributed by atoms with Crippen molar-refractivity contribution in [1.29, 1.82) is 0 Å². The van der Waals surface area contributed by atoms with E-state index in [1.54, 1.807) is 6.20 Å². The van der Waals surface area contributed by atoms with Gasteiger partial charge in [-0.2, -0.15) is 4.98 Å². The van der Waals surface area contributed by atoms with Crippen LogP contribution in [-0.4, -0.2) is 77.1 Å². The van der Waals surface area contributed by atoms with Crippen LogP contribution in [0.25, 0.3) is 11.4 Å². The molecule has 2 aromatic rings. The fourth-order valence-electron chi connectivity index (χ4n) is 4.65. The molecule has 0 N–H and O–H groups in total. The molecule has 3 aliphatic rings. The van der Waals surface area contributed by atoms with Gasteiger partial charge in [0.25, 0.3) is 0 Å². The number of anilines is 1. The number of hydrogen-bond donors (Lipinski definition) is 0. The summed E-state index contributed by atoms with van der Waals surface area (Å²) in [6, 6.07) is 3.92. The lowest BCUT2D eigenvalue weighted by molar-refractivity contribution is -0.137. The van der Waals surface area contributed by atoms with E-state index in [2.05, 4.69) is 32.0 Å². The highest BCUT2D eigenvalue weighted by molar-refractivity contribution is 5.80. The first-order valence-electron chi connectivity index (χ1n) is 11.2. The highest BCUT2D eigenvalue weighted by Gasteiger charge is 2.32.